The zero-order valence-corrected chi connectivity index (χ0v) is 14.9. The number of carbonyl (C=O) groups is 2. The average molecular weight is 361 g/mol. The second-order valence-electron chi connectivity index (χ2n) is 6.14. The van der Waals surface area contributed by atoms with Crippen LogP contribution in [0.2, 0.25) is 0 Å². The molecule has 7 heteroatoms. The van der Waals surface area contributed by atoms with Gasteiger partial charge in [0.15, 0.2) is 9.84 Å². The summed E-state index contributed by atoms with van der Waals surface area (Å²) in [5.74, 6) is -0.847. The second-order valence-corrected chi connectivity index (χ2v) is 8.15. The van der Waals surface area contributed by atoms with Crippen LogP contribution in [0.1, 0.15) is 40.5 Å². The molecule has 1 aromatic carbocycles. The Bertz CT molecular complexity index is 925. The van der Waals surface area contributed by atoms with Crippen molar-refractivity contribution in [3.8, 4) is 0 Å². The third-order valence-electron chi connectivity index (χ3n) is 4.51. The molecule has 1 aromatic heterocycles. The molecule has 6 nitrogen and oxygen atoms in total. The Morgan fingerprint density at radius 2 is 1.80 bits per heavy atom. The van der Waals surface area contributed by atoms with Gasteiger partial charge in [-0.15, -0.1) is 0 Å². The minimum Gasteiger partial charge on any atom is -0.469 e. The van der Waals surface area contributed by atoms with E-state index in [1.54, 1.807) is 12.1 Å². The van der Waals surface area contributed by atoms with Crippen LogP contribution in [0.4, 0.5) is 0 Å². The number of methoxy groups -OCH3 is 1. The Hall–Kier alpha value is -2.41. The molecule has 0 radical (unpaired) electrons. The summed E-state index contributed by atoms with van der Waals surface area (Å²) < 4.78 is 29.8. The summed E-state index contributed by atoms with van der Waals surface area (Å²) in [4.78, 5) is 24.9. The zero-order chi connectivity index (χ0) is 18.2. The van der Waals surface area contributed by atoms with Crippen molar-refractivity contribution < 1.29 is 22.7 Å². The van der Waals surface area contributed by atoms with Gasteiger partial charge in [0.1, 0.15) is 0 Å². The summed E-state index contributed by atoms with van der Waals surface area (Å²) in [6, 6.07) is 9.39. The van der Waals surface area contributed by atoms with Gasteiger partial charge in [0.2, 0.25) is 5.78 Å². The lowest BCUT2D eigenvalue weighted by atomic mass is 9.96. The Labute approximate surface area is 146 Å². The van der Waals surface area contributed by atoms with Crippen molar-refractivity contribution in [1.29, 1.82) is 0 Å². The highest BCUT2D eigenvalue weighted by Crippen LogP contribution is 2.31. The minimum absolute atomic E-state index is 0.173. The summed E-state index contributed by atoms with van der Waals surface area (Å²) >= 11 is 0. The molecule has 1 atom stereocenters. The molecule has 0 spiro atoms. The zero-order valence-electron chi connectivity index (χ0n) is 14.1. The number of ketones is 1. The van der Waals surface area contributed by atoms with Crippen molar-refractivity contribution in [3.63, 3.8) is 0 Å². The van der Waals surface area contributed by atoms with E-state index in [0.29, 0.717) is 24.2 Å². The molecular formula is C18H19NO5S. The number of nitrogens with zero attached hydrogens (tertiary/aromatic N) is 1. The number of sulfone groups is 1. The standard InChI is InChI=1S/C18H19NO5S/c1-24-18(21)14-4-3-11-19-15(14)9-10-16(19)17(20)12-5-7-13(8-6-12)25(2,22)23/h5-10,14H,3-4,11H2,1-2H3. The van der Waals surface area contributed by atoms with Gasteiger partial charge in [0.05, 0.1) is 23.6 Å². The molecule has 0 saturated heterocycles. The van der Waals surface area contributed by atoms with E-state index in [9.17, 15) is 18.0 Å². The van der Waals surface area contributed by atoms with Gasteiger partial charge in [-0.25, -0.2) is 8.42 Å². The second kappa shape index (κ2) is 6.48. The number of carbonyl (C=O) groups excluding carboxylic acids is 2. The molecule has 132 valence electrons. The number of fused-ring (bicyclic) bond motifs is 1. The fourth-order valence-corrected chi connectivity index (χ4v) is 3.85. The van der Waals surface area contributed by atoms with Crippen molar-refractivity contribution in [1.82, 2.24) is 4.57 Å². The molecule has 0 saturated carbocycles. The summed E-state index contributed by atoms with van der Waals surface area (Å²) in [6.07, 6.45) is 2.61. The highest BCUT2D eigenvalue weighted by Gasteiger charge is 2.30. The number of rotatable bonds is 4. The predicted octanol–water partition coefficient (Wildman–Crippen LogP) is 2.17. The molecule has 0 N–H and O–H groups in total. The largest absolute Gasteiger partial charge is 0.469 e. The molecular weight excluding hydrogens is 342 g/mol. The van der Waals surface area contributed by atoms with Crippen molar-refractivity contribution in [2.24, 2.45) is 0 Å². The normalized spacial score (nSPS) is 17.0. The van der Waals surface area contributed by atoms with Gasteiger partial charge in [-0.2, -0.15) is 0 Å². The van der Waals surface area contributed by atoms with Crippen LogP contribution in [-0.4, -0.2) is 38.1 Å². The molecule has 0 fully saturated rings. The molecule has 0 aliphatic carbocycles. The van der Waals surface area contributed by atoms with E-state index in [-0.39, 0.29) is 22.6 Å². The smallest absolute Gasteiger partial charge is 0.314 e. The van der Waals surface area contributed by atoms with Crippen molar-refractivity contribution >= 4 is 21.6 Å². The van der Waals surface area contributed by atoms with Crippen molar-refractivity contribution in [2.45, 2.75) is 30.2 Å². The number of benzene rings is 1. The van der Waals surface area contributed by atoms with Gasteiger partial charge < -0.3 is 9.30 Å². The first-order chi connectivity index (χ1) is 11.8. The first kappa shape index (κ1) is 17.4. The number of hydrogen-bond acceptors (Lipinski definition) is 5. The van der Waals surface area contributed by atoms with E-state index in [0.717, 1.165) is 18.4 Å². The van der Waals surface area contributed by atoms with Crippen LogP contribution in [0.5, 0.6) is 0 Å². The molecule has 25 heavy (non-hydrogen) atoms. The first-order valence-electron chi connectivity index (χ1n) is 7.95. The van der Waals surface area contributed by atoms with Crippen LogP contribution in [0.3, 0.4) is 0 Å². The summed E-state index contributed by atoms with van der Waals surface area (Å²) in [6.45, 7) is 0.665. The maximum atomic E-state index is 12.8. The summed E-state index contributed by atoms with van der Waals surface area (Å²) in [5, 5.41) is 0. The van der Waals surface area contributed by atoms with E-state index in [2.05, 4.69) is 0 Å². The summed E-state index contributed by atoms with van der Waals surface area (Å²) in [5.41, 5.74) is 1.69. The van der Waals surface area contributed by atoms with Crippen LogP contribution >= 0.6 is 0 Å². The maximum Gasteiger partial charge on any atom is 0.314 e. The molecule has 2 heterocycles. The number of ether oxygens (including phenoxy) is 1. The highest BCUT2D eigenvalue weighted by atomic mass is 32.2. The SMILES string of the molecule is COC(=O)C1CCCn2c(C(=O)c3ccc(S(C)(=O)=O)cc3)ccc21. The van der Waals surface area contributed by atoms with E-state index in [1.807, 2.05) is 4.57 Å². The lowest BCUT2D eigenvalue weighted by molar-refractivity contribution is -0.143. The number of hydrogen-bond donors (Lipinski definition) is 0. The van der Waals surface area contributed by atoms with Crippen LogP contribution in [-0.2, 0) is 25.9 Å². The van der Waals surface area contributed by atoms with Gasteiger partial charge in [0, 0.05) is 24.1 Å². The Morgan fingerprint density at radius 3 is 2.40 bits per heavy atom. The van der Waals surface area contributed by atoms with E-state index in [4.69, 9.17) is 4.74 Å². The molecule has 0 bridgehead atoms. The van der Waals surface area contributed by atoms with Crippen LogP contribution in [0.25, 0.3) is 0 Å². The van der Waals surface area contributed by atoms with Crippen molar-refractivity contribution in [3.05, 3.63) is 53.3 Å². The van der Waals surface area contributed by atoms with Crippen LogP contribution < -0.4 is 0 Å². The fourth-order valence-electron chi connectivity index (χ4n) is 3.22. The molecule has 3 rings (SSSR count). The third-order valence-corrected chi connectivity index (χ3v) is 5.64. The fraction of sp³-hybridized carbons (Fsp3) is 0.333. The highest BCUT2D eigenvalue weighted by molar-refractivity contribution is 7.90. The molecule has 1 aliphatic rings. The summed E-state index contributed by atoms with van der Waals surface area (Å²) in [7, 11) is -1.94. The van der Waals surface area contributed by atoms with Crippen LogP contribution in [0, 0.1) is 0 Å². The lowest BCUT2D eigenvalue weighted by Crippen LogP contribution is -2.24. The van der Waals surface area contributed by atoms with Gasteiger partial charge in [0.25, 0.3) is 0 Å². The first-order valence-corrected chi connectivity index (χ1v) is 9.84. The van der Waals surface area contributed by atoms with Gasteiger partial charge in [-0.05, 0) is 49.2 Å². The minimum atomic E-state index is -3.30. The quantitative estimate of drug-likeness (QED) is 0.616. The van der Waals surface area contributed by atoms with Gasteiger partial charge in [-0.3, -0.25) is 9.59 Å². The lowest BCUT2D eigenvalue weighted by Gasteiger charge is -2.24. The van der Waals surface area contributed by atoms with Crippen LogP contribution in [0.15, 0.2) is 41.3 Å². The molecule has 1 aliphatic heterocycles. The van der Waals surface area contributed by atoms with Gasteiger partial charge in [-0.1, -0.05) is 0 Å². The van der Waals surface area contributed by atoms with Gasteiger partial charge >= 0.3 is 5.97 Å². The molecule has 1 unspecified atom stereocenters. The Balaban J connectivity index is 1.94. The predicted molar refractivity (Wildman–Crippen MR) is 91.4 cm³/mol. The topological polar surface area (TPSA) is 82.4 Å². The number of esters is 1. The number of aromatic nitrogens is 1. The van der Waals surface area contributed by atoms with E-state index < -0.39 is 9.84 Å². The van der Waals surface area contributed by atoms with E-state index in [1.165, 1.54) is 31.4 Å². The van der Waals surface area contributed by atoms with Crippen molar-refractivity contribution in [2.75, 3.05) is 13.4 Å². The maximum absolute atomic E-state index is 12.8. The average Bonchev–Trinajstić information content (AvgIpc) is 3.03. The Morgan fingerprint density at radius 1 is 1.12 bits per heavy atom. The monoisotopic (exact) mass is 361 g/mol. The third kappa shape index (κ3) is 3.24. The molecule has 0 amide bonds. The molecule has 2 aromatic rings. The Kier molecular flexibility index (Phi) is 4.51. The van der Waals surface area contributed by atoms with E-state index >= 15 is 0 Å².